The Bertz CT molecular complexity index is 577. The second-order valence-electron chi connectivity index (χ2n) is 3.88. The third-order valence-electron chi connectivity index (χ3n) is 2.44. The smallest absolute Gasteiger partial charge is 0.365 e. The predicted molar refractivity (Wildman–Crippen MR) is 64.7 cm³/mol. The Balaban J connectivity index is 1.66. The van der Waals surface area contributed by atoms with Gasteiger partial charge in [-0.1, -0.05) is 11.8 Å². The third kappa shape index (κ3) is 2.36. The molecule has 1 aliphatic carbocycles. The highest BCUT2D eigenvalue weighted by Crippen LogP contribution is 2.36. The van der Waals surface area contributed by atoms with Crippen LogP contribution in [0.15, 0.2) is 10.5 Å². The maximum absolute atomic E-state index is 10.7. The van der Waals surface area contributed by atoms with Gasteiger partial charge in [0.1, 0.15) is 0 Å². The van der Waals surface area contributed by atoms with Crippen LogP contribution in [0.3, 0.4) is 0 Å². The number of hydrogen-bond acceptors (Lipinski definition) is 7. The van der Waals surface area contributed by atoms with E-state index >= 15 is 0 Å². The summed E-state index contributed by atoms with van der Waals surface area (Å²) in [5.74, 6) is -0.407. The molecule has 7 nitrogen and oxygen atoms in total. The molecule has 3 rings (SSSR count). The number of aromatic nitrogens is 5. The van der Waals surface area contributed by atoms with E-state index < -0.39 is 5.97 Å². The van der Waals surface area contributed by atoms with Crippen LogP contribution in [0.1, 0.15) is 34.4 Å². The Morgan fingerprint density at radius 3 is 3.11 bits per heavy atom. The number of rotatable bonds is 5. The Morgan fingerprint density at radius 2 is 2.44 bits per heavy atom. The van der Waals surface area contributed by atoms with E-state index in [-0.39, 0.29) is 5.01 Å². The number of nitrogens with zero attached hydrogens (tertiary/aromatic N) is 5. The van der Waals surface area contributed by atoms with Crippen molar-refractivity contribution < 1.29 is 9.90 Å². The minimum Gasteiger partial charge on any atom is -0.476 e. The summed E-state index contributed by atoms with van der Waals surface area (Å²) in [7, 11) is 0. The van der Waals surface area contributed by atoms with Gasteiger partial charge < -0.3 is 5.11 Å². The molecule has 0 unspecified atom stereocenters. The maximum atomic E-state index is 10.7. The molecule has 0 saturated heterocycles. The van der Waals surface area contributed by atoms with Gasteiger partial charge in [0, 0.05) is 11.1 Å². The van der Waals surface area contributed by atoms with Gasteiger partial charge in [-0.05, 0) is 23.3 Å². The average molecular weight is 283 g/mol. The standard InChI is InChI=1S/C9H9N5O2S2/c15-8(16)7-10-5(3-17-7)4-18-9-11-12-13-14(9)6-1-2-6/h3,6H,1-2,4H2,(H,15,16). The molecule has 94 valence electrons. The van der Waals surface area contributed by atoms with Crippen molar-refractivity contribution in [2.24, 2.45) is 0 Å². The minimum absolute atomic E-state index is 0.118. The zero-order valence-electron chi connectivity index (χ0n) is 9.18. The first-order chi connectivity index (χ1) is 8.74. The molecule has 1 saturated carbocycles. The van der Waals surface area contributed by atoms with Crippen LogP contribution in [0.25, 0.3) is 0 Å². The van der Waals surface area contributed by atoms with Gasteiger partial charge in [0.25, 0.3) is 0 Å². The van der Waals surface area contributed by atoms with Gasteiger partial charge >= 0.3 is 5.97 Å². The molecule has 9 heteroatoms. The lowest BCUT2D eigenvalue weighted by Gasteiger charge is -1.99. The van der Waals surface area contributed by atoms with Crippen LogP contribution in [-0.2, 0) is 5.75 Å². The Labute approximate surface area is 110 Å². The van der Waals surface area contributed by atoms with Gasteiger partial charge in [-0.15, -0.1) is 16.4 Å². The van der Waals surface area contributed by atoms with Crippen molar-refractivity contribution >= 4 is 29.1 Å². The highest BCUT2D eigenvalue weighted by Gasteiger charge is 2.27. The quantitative estimate of drug-likeness (QED) is 0.830. The van der Waals surface area contributed by atoms with Crippen molar-refractivity contribution in [1.29, 1.82) is 0 Å². The summed E-state index contributed by atoms with van der Waals surface area (Å²) in [4.78, 5) is 14.7. The van der Waals surface area contributed by atoms with Gasteiger partial charge in [0.15, 0.2) is 0 Å². The number of thioether (sulfide) groups is 1. The highest BCUT2D eigenvalue weighted by atomic mass is 32.2. The zero-order valence-corrected chi connectivity index (χ0v) is 10.8. The van der Waals surface area contributed by atoms with Crippen molar-refractivity contribution in [2.45, 2.75) is 29.8 Å². The van der Waals surface area contributed by atoms with Crippen LogP contribution in [0.5, 0.6) is 0 Å². The summed E-state index contributed by atoms with van der Waals surface area (Å²) in [6.45, 7) is 0. The van der Waals surface area contributed by atoms with E-state index in [1.807, 2.05) is 4.68 Å². The largest absolute Gasteiger partial charge is 0.476 e. The van der Waals surface area contributed by atoms with Gasteiger partial charge in [-0.2, -0.15) is 0 Å². The normalized spacial score (nSPS) is 14.9. The van der Waals surface area contributed by atoms with E-state index in [1.54, 1.807) is 5.38 Å². The summed E-state index contributed by atoms with van der Waals surface area (Å²) < 4.78 is 1.83. The number of carboxylic acids is 1. The molecule has 0 aliphatic heterocycles. The molecule has 18 heavy (non-hydrogen) atoms. The maximum Gasteiger partial charge on any atom is 0.365 e. The van der Waals surface area contributed by atoms with Crippen molar-refractivity contribution in [1.82, 2.24) is 25.2 Å². The summed E-state index contributed by atoms with van der Waals surface area (Å²) in [5.41, 5.74) is 0.743. The third-order valence-corrected chi connectivity index (χ3v) is 4.29. The predicted octanol–water partition coefficient (Wildman–Crippen LogP) is 1.45. The molecule has 0 amide bonds. The number of aromatic carboxylic acids is 1. The fraction of sp³-hybridized carbons (Fsp3) is 0.444. The van der Waals surface area contributed by atoms with Crippen molar-refractivity contribution in [3.63, 3.8) is 0 Å². The van der Waals surface area contributed by atoms with Crippen LogP contribution in [0, 0.1) is 0 Å². The monoisotopic (exact) mass is 283 g/mol. The first kappa shape index (κ1) is 11.6. The van der Waals surface area contributed by atoms with Crippen LogP contribution in [0.2, 0.25) is 0 Å². The fourth-order valence-corrected chi connectivity index (χ4v) is 3.04. The average Bonchev–Trinajstić information content (AvgIpc) is 2.92. The number of thiazole rings is 1. The molecule has 0 spiro atoms. The van der Waals surface area contributed by atoms with E-state index in [0.29, 0.717) is 11.8 Å². The van der Waals surface area contributed by atoms with Gasteiger partial charge in [0.05, 0.1) is 11.7 Å². The molecular weight excluding hydrogens is 274 g/mol. The van der Waals surface area contributed by atoms with Crippen molar-refractivity contribution in [2.75, 3.05) is 0 Å². The fourth-order valence-electron chi connectivity index (χ4n) is 1.44. The second kappa shape index (κ2) is 4.65. The zero-order chi connectivity index (χ0) is 12.5. The topological polar surface area (TPSA) is 93.8 Å². The molecule has 0 bridgehead atoms. The molecule has 0 atom stereocenters. The van der Waals surface area contributed by atoms with Crippen LogP contribution in [0.4, 0.5) is 0 Å². The van der Waals surface area contributed by atoms with Crippen molar-refractivity contribution in [3.8, 4) is 0 Å². The van der Waals surface area contributed by atoms with Crippen LogP contribution in [-0.4, -0.2) is 36.3 Å². The number of carbonyl (C=O) groups is 1. The molecule has 0 aromatic carbocycles. The number of carboxylic acid groups (broad SMARTS) is 1. The summed E-state index contributed by atoms with van der Waals surface area (Å²) in [6, 6.07) is 0.438. The van der Waals surface area contributed by atoms with Crippen LogP contribution >= 0.6 is 23.1 Å². The molecule has 2 aromatic heterocycles. The van der Waals surface area contributed by atoms with E-state index in [0.717, 1.165) is 35.0 Å². The summed E-state index contributed by atoms with van der Waals surface area (Å²) in [5, 5.41) is 23.0. The lowest BCUT2D eigenvalue weighted by atomic mass is 10.6. The Morgan fingerprint density at radius 1 is 1.61 bits per heavy atom. The van der Waals surface area contributed by atoms with E-state index in [9.17, 15) is 4.79 Å². The summed E-state index contributed by atoms with van der Waals surface area (Å²) in [6.07, 6.45) is 2.25. The lowest BCUT2D eigenvalue weighted by Crippen LogP contribution is -1.99. The van der Waals surface area contributed by atoms with Crippen molar-refractivity contribution in [3.05, 3.63) is 16.1 Å². The SMILES string of the molecule is O=C(O)c1nc(CSc2nnnn2C2CC2)cs1. The minimum atomic E-state index is -0.987. The van der Waals surface area contributed by atoms with Gasteiger partial charge in [-0.3, -0.25) is 0 Å². The van der Waals surface area contributed by atoms with Gasteiger partial charge in [0.2, 0.25) is 10.2 Å². The summed E-state index contributed by atoms with van der Waals surface area (Å²) >= 11 is 2.61. The molecule has 1 fully saturated rings. The second-order valence-corrected chi connectivity index (χ2v) is 5.68. The Hall–Kier alpha value is -1.48. The van der Waals surface area contributed by atoms with Crippen LogP contribution < -0.4 is 0 Å². The van der Waals surface area contributed by atoms with E-state index in [2.05, 4.69) is 20.5 Å². The first-order valence-corrected chi connectivity index (χ1v) is 7.19. The lowest BCUT2D eigenvalue weighted by molar-refractivity contribution is 0.0696. The molecule has 0 radical (unpaired) electrons. The molecule has 1 aliphatic rings. The molecule has 2 aromatic rings. The van der Waals surface area contributed by atoms with E-state index in [1.165, 1.54) is 11.8 Å². The highest BCUT2D eigenvalue weighted by molar-refractivity contribution is 7.98. The molecular formula is C9H9N5O2S2. The number of tetrazole rings is 1. The molecule has 1 N–H and O–H groups in total. The molecule has 2 heterocycles. The Kier molecular flexibility index (Phi) is 3.00. The van der Waals surface area contributed by atoms with Gasteiger partial charge in [-0.25, -0.2) is 14.5 Å². The van der Waals surface area contributed by atoms with E-state index in [4.69, 9.17) is 5.11 Å². The number of hydrogen-bond donors (Lipinski definition) is 1. The first-order valence-electron chi connectivity index (χ1n) is 5.32.